The third-order valence-electron chi connectivity index (χ3n) is 4.52. The first-order valence-electron chi connectivity index (χ1n) is 10.5. The van der Waals surface area contributed by atoms with E-state index in [4.69, 9.17) is 9.15 Å². The lowest BCUT2D eigenvalue weighted by Gasteiger charge is -2.15. The van der Waals surface area contributed by atoms with E-state index in [2.05, 4.69) is 20.6 Å². The molecule has 3 N–H and O–H groups in total. The molecule has 0 spiro atoms. The number of aliphatic hydroxyl groups excluding tert-OH is 1. The van der Waals surface area contributed by atoms with Crippen molar-refractivity contribution in [3.63, 3.8) is 0 Å². The van der Waals surface area contributed by atoms with Crippen molar-refractivity contribution in [3.8, 4) is 11.5 Å². The molecule has 0 aliphatic heterocycles. The molecule has 0 aliphatic carbocycles. The Morgan fingerprint density at radius 1 is 1.12 bits per heavy atom. The van der Waals surface area contributed by atoms with Crippen LogP contribution in [-0.2, 0) is 17.9 Å². The maximum Gasteiger partial charge on any atom is 0.226 e. The number of hydrogen-bond donors (Lipinski definition) is 3. The molecule has 0 bridgehead atoms. The van der Waals surface area contributed by atoms with E-state index in [-0.39, 0.29) is 30.6 Å². The largest absolute Gasteiger partial charge is 0.444 e. The SMILES string of the molecule is CCNC(=NCc1coc(-c2ccc(C)cc2)n1)NCC(O)COCc1ccccc1.I. The van der Waals surface area contributed by atoms with Gasteiger partial charge in [-0.1, -0.05) is 48.0 Å². The van der Waals surface area contributed by atoms with Crippen LogP contribution in [0, 0.1) is 6.92 Å². The number of guanidine groups is 1. The second-order valence-corrected chi connectivity index (χ2v) is 7.24. The molecule has 0 aliphatic rings. The summed E-state index contributed by atoms with van der Waals surface area (Å²) < 4.78 is 11.2. The van der Waals surface area contributed by atoms with Crippen molar-refractivity contribution in [2.75, 3.05) is 19.7 Å². The number of ether oxygens (including phenoxy) is 1. The van der Waals surface area contributed by atoms with Crippen molar-refractivity contribution in [2.24, 2.45) is 4.99 Å². The summed E-state index contributed by atoms with van der Waals surface area (Å²) >= 11 is 0. The lowest BCUT2D eigenvalue weighted by Crippen LogP contribution is -2.42. The summed E-state index contributed by atoms with van der Waals surface area (Å²) in [4.78, 5) is 9.03. The number of hydrogen-bond acceptors (Lipinski definition) is 5. The zero-order valence-electron chi connectivity index (χ0n) is 18.5. The quantitative estimate of drug-likeness (QED) is 0.202. The van der Waals surface area contributed by atoms with Gasteiger partial charge in [-0.05, 0) is 31.5 Å². The average molecular weight is 550 g/mol. The van der Waals surface area contributed by atoms with Crippen LogP contribution in [0.3, 0.4) is 0 Å². The van der Waals surface area contributed by atoms with Gasteiger partial charge in [-0.2, -0.15) is 0 Å². The highest BCUT2D eigenvalue weighted by Crippen LogP contribution is 2.19. The number of nitrogens with zero attached hydrogens (tertiary/aromatic N) is 2. The van der Waals surface area contributed by atoms with E-state index in [1.165, 1.54) is 5.56 Å². The zero-order chi connectivity index (χ0) is 21.9. The number of aryl methyl sites for hydroxylation is 1. The summed E-state index contributed by atoms with van der Waals surface area (Å²) in [6, 6.07) is 17.9. The van der Waals surface area contributed by atoms with Gasteiger partial charge >= 0.3 is 0 Å². The standard InChI is InChI=1S/C24H30N4O3.HI/c1-3-25-24(27-14-22(29)17-30-15-19-7-5-4-6-8-19)26-13-21-16-31-23(28-21)20-11-9-18(2)10-12-20;/h4-12,16,22,29H,3,13-15,17H2,1-2H3,(H2,25,26,27);1H. The van der Waals surface area contributed by atoms with Gasteiger partial charge in [0, 0.05) is 18.7 Å². The molecule has 0 fully saturated rings. The lowest BCUT2D eigenvalue weighted by atomic mass is 10.1. The molecule has 8 heteroatoms. The third-order valence-corrected chi connectivity index (χ3v) is 4.52. The van der Waals surface area contributed by atoms with Crippen molar-refractivity contribution >= 4 is 29.9 Å². The van der Waals surface area contributed by atoms with Crippen LogP contribution in [-0.4, -0.2) is 41.9 Å². The van der Waals surface area contributed by atoms with E-state index in [1.807, 2.05) is 68.4 Å². The van der Waals surface area contributed by atoms with E-state index in [9.17, 15) is 5.11 Å². The molecule has 1 atom stereocenters. The van der Waals surface area contributed by atoms with E-state index in [1.54, 1.807) is 6.26 Å². The number of oxazole rings is 1. The Hall–Kier alpha value is -2.43. The predicted molar refractivity (Wildman–Crippen MR) is 137 cm³/mol. The zero-order valence-corrected chi connectivity index (χ0v) is 20.8. The highest BCUT2D eigenvalue weighted by atomic mass is 127. The number of nitrogens with one attached hydrogen (secondary N) is 2. The van der Waals surface area contributed by atoms with Crippen molar-refractivity contribution in [1.82, 2.24) is 15.6 Å². The molecule has 1 aromatic heterocycles. The van der Waals surface area contributed by atoms with Gasteiger partial charge in [0.15, 0.2) is 5.96 Å². The maximum atomic E-state index is 10.2. The summed E-state index contributed by atoms with van der Waals surface area (Å²) in [6.45, 7) is 6.15. The minimum Gasteiger partial charge on any atom is -0.444 e. The van der Waals surface area contributed by atoms with Gasteiger partial charge in [0.1, 0.15) is 12.0 Å². The Kier molecular flexibility index (Phi) is 11.2. The highest BCUT2D eigenvalue weighted by Gasteiger charge is 2.09. The molecule has 3 aromatic rings. The fourth-order valence-electron chi connectivity index (χ4n) is 2.87. The summed E-state index contributed by atoms with van der Waals surface area (Å²) in [7, 11) is 0. The van der Waals surface area contributed by atoms with Crippen LogP contribution in [0.25, 0.3) is 11.5 Å². The molecular formula is C24H31IN4O3. The minimum absolute atomic E-state index is 0. The number of aliphatic imine (C=N–C) groups is 1. The number of rotatable bonds is 10. The van der Waals surface area contributed by atoms with Gasteiger partial charge in [-0.25, -0.2) is 9.98 Å². The average Bonchev–Trinajstić information content (AvgIpc) is 3.26. The lowest BCUT2D eigenvalue weighted by molar-refractivity contribution is 0.0308. The van der Waals surface area contributed by atoms with Crippen LogP contribution >= 0.6 is 24.0 Å². The molecule has 3 rings (SSSR count). The Morgan fingerprint density at radius 2 is 1.88 bits per heavy atom. The van der Waals surface area contributed by atoms with Crippen molar-refractivity contribution in [3.05, 3.63) is 77.7 Å². The molecule has 0 saturated heterocycles. The van der Waals surface area contributed by atoms with Gasteiger partial charge in [-0.15, -0.1) is 24.0 Å². The molecule has 0 amide bonds. The Balaban J connectivity index is 0.00000363. The van der Waals surface area contributed by atoms with Crippen LogP contribution in [0.5, 0.6) is 0 Å². The van der Waals surface area contributed by atoms with Crippen molar-refractivity contribution in [1.29, 1.82) is 0 Å². The summed E-state index contributed by atoms with van der Waals surface area (Å²) in [5, 5.41) is 16.5. The molecule has 7 nitrogen and oxygen atoms in total. The van der Waals surface area contributed by atoms with Crippen molar-refractivity contribution < 1.29 is 14.3 Å². The Labute approximate surface area is 206 Å². The summed E-state index contributed by atoms with van der Waals surface area (Å²) in [6.07, 6.45) is 0.974. The van der Waals surface area contributed by atoms with Crippen LogP contribution in [0.2, 0.25) is 0 Å². The first kappa shape index (κ1) is 25.8. The number of aliphatic hydroxyl groups is 1. The number of benzene rings is 2. The van der Waals surface area contributed by atoms with Gasteiger partial charge < -0.3 is 24.9 Å². The Bertz CT molecular complexity index is 945. The van der Waals surface area contributed by atoms with Gasteiger partial charge in [-0.3, -0.25) is 0 Å². The summed E-state index contributed by atoms with van der Waals surface area (Å²) in [5.74, 6) is 1.18. The number of aromatic nitrogens is 1. The molecule has 1 unspecified atom stereocenters. The minimum atomic E-state index is -0.646. The fourth-order valence-corrected chi connectivity index (χ4v) is 2.87. The van der Waals surface area contributed by atoms with E-state index >= 15 is 0 Å². The van der Waals surface area contributed by atoms with Crippen LogP contribution in [0.15, 0.2) is 70.3 Å². The molecular weight excluding hydrogens is 519 g/mol. The Morgan fingerprint density at radius 3 is 2.59 bits per heavy atom. The molecule has 0 saturated carbocycles. The second kappa shape index (κ2) is 13.9. The van der Waals surface area contributed by atoms with E-state index < -0.39 is 6.10 Å². The smallest absolute Gasteiger partial charge is 0.226 e. The molecule has 1 heterocycles. The van der Waals surface area contributed by atoms with Gasteiger partial charge in [0.2, 0.25) is 5.89 Å². The normalized spacial score (nSPS) is 12.2. The van der Waals surface area contributed by atoms with Crippen molar-refractivity contribution in [2.45, 2.75) is 33.1 Å². The topological polar surface area (TPSA) is 91.9 Å². The first-order chi connectivity index (χ1) is 15.1. The van der Waals surface area contributed by atoms with Crippen LogP contribution in [0.4, 0.5) is 0 Å². The third kappa shape index (κ3) is 8.60. The van der Waals surface area contributed by atoms with Crippen LogP contribution < -0.4 is 10.6 Å². The second-order valence-electron chi connectivity index (χ2n) is 7.24. The summed E-state index contributed by atoms with van der Waals surface area (Å²) in [5.41, 5.74) is 3.94. The van der Waals surface area contributed by atoms with Gasteiger partial charge in [0.25, 0.3) is 0 Å². The number of halogens is 1. The van der Waals surface area contributed by atoms with E-state index in [0.717, 1.165) is 16.8 Å². The molecule has 172 valence electrons. The predicted octanol–water partition coefficient (Wildman–Crippen LogP) is 3.90. The van der Waals surface area contributed by atoms with Gasteiger partial charge in [0.05, 0.1) is 25.9 Å². The fraction of sp³-hybridized carbons (Fsp3) is 0.333. The van der Waals surface area contributed by atoms with Crippen LogP contribution in [0.1, 0.15) is 23.7 Å². The molecule has 2 aromatic carbocycles. The highest BCUT2D eigenvalue weighted by molar-refractivity contribution is 14.0. The van der Waals surface area contributed by atoms with E-state index in [0.29, 0.717) is 38.1 Å². The maximum absolute atomic E-state index is 10.2. The first-order valence-corrected chi connectivity index (χ1v) is 10.5. The molecule has 0 radical (unpaired) electrons. The molecule has 32 heavy (non-hydrogen) atoms. The monoisotopic (exact) mass is 550 g/mol.